The molecule has 10 aromatic heterocycles. The molecular weight excluding hydrogens is 1450 g/mol. The molecule has 15 aromatic rings. The van der Waals surface area contributed by atoms with Crippen LogP contribution >= 0.6 is 11.3 Å². The Morgan fingerprint density at radius 1 is 0.407 bits per heavy atom. The summed E-state index contributed by atoms with van der Waals surface area (Å²) in [7, 11) is 1.97. The monoisotopic (exact) mass is 1540 g/mol. The fraction of sp³-hybridized carbons (Fsp3) is 0.366. The molecule has 113 heavy (non-hydrogen) atoms. The molecule has 31 heteroatoms. The van der Waals surface area contributed by atoms with E-state index in [4.69, 9.17) is 4.74 Å². The number of nitrogens with one attached hydrogen (secondary N) is 16. The maximum atomic E-state index is 11.8. The van der Waals surface area contributed by atoms with Gasteiger partial charge in [0.1, 0.15) is 17.5 Å². The molecule has 6 aliphatic rings. The normalized spacial score (nSPS) is 21.9. The van der Waals surface area contributed by atoms with Crippen molar-refractivity contribution >= 4 is 94.4 Å². The molecule has 0 radical (unpaired) electrons. The molecule has 30 nitrogen and oxygen atoms in total. The number of H-pyrrole nitrogens is 11. The minimum atomic E-state index is -0.1000. The number of thiazole rings is 1. The molecule has 21 rings (SSSR count). The van der Waals surface area contributed by atoms with E-state index in [2.05, 4.69) is 155 Å². The summed E-state index contributed by atoms with van der Waals surface area (Å²) in [4.78, 5) is 77.2. The summed E-state index contributed by atoms with van der Waals surface area (Å²) in [6.45, 7) is 3.31. The van der Waals surface area contributed by atoms with Crippen molar-refractivity contribution in [3.63, 3.8) is 0 Å². The minimum absolute atomic E-state index is 0.0383. The van der Waals surface area contributed by atoms with Gasteiger partial charge in [-0.2, -0.15) is 10.2 Å². The van der Waals surface area contributed by atoms with Crippen molar-refractivity contribution in [2.75, 3.05) is 39.8 Å². The fourth-order valence-corrected chi connectivity index (χ4v) is 17.8. The molecular formula is C82H92N24O6S. The highest BCUT2D eigenvalue weighted by Crippen LogP contribution is 2.43. The van der Waals surface area contributed by atoms with Gasteiger partial charge >= 0.3 is 0 Å². The number of pyridine rings is 1. The zero-order valence-corrected chi connectivity index (χ0v) is 63.6. The van der Waals surface area contributed by atoms with Gasteiger partial charge in [0.15, 0.2) is 5.13 Å². The summed E-state index contributed by atoms with van der Waals surface area (Å²) < 4.78 is 7.66. The number of nitrogens with zero attached hydrogens (tertiary/aromatic N) is 8. The lowest BCUT2D eigenvalue weighted by Gasteiger charge is -2.30. The molecule has 0 amide bonds. The van der Waals surface area contributed by atoms with Crippen LogP contribution in [-0.4, -0.2) is 139 Å². The van der Waals surface area contributed by atoms with E-state index in [0.717, 1.165) is 161 Å². The van der Waals surface area contributed by atoms with E-state index in [1.165, 1.54) is 51.9 Å². The van der Waals surface area contributed by atoms with Gasteiger partial charge < -0.3 is 35.9 Å². The third-order valence-corrected chi connectivity index (χ3v) is 23.9. The summed E-state index contributed by atoms with van der Waals surface area (Å²) in [5.74, 6) is 6.28. The van der Waals surface area contributed by atoms with Gasteiger partial charge in [0.25, 0.3) is 27.8 Å². The van der Waals surface area contributed by atoms with Crippen LogP contribution < -0.4 is 54.4 Å². The van der Waals surface area contributed by atoms with Gasteiger partial charge in [0, 0.05) is 78.3 Å². The number of ether oxygens (including phenoxy) is 1. The average molecular weight is 1540 g/mol. The Bertz CT molecular complexity index is 5910. The number of aromatic amines is 11. The lowest BCUT2D eigenvalue weighted by Crippen LogP contribution is -2.34. The highest BCUT2D eigenvalue weighted by atomic mass is 32.1. The van der Waals surface area contributed by atoms with Gasteiger partial charge in [0.2, 0.25) is 5.95 Å². The standard InChI is InChI=1S/C18H21N5O.C17H18N4O.C16H19N5O.C16H18N4OS.C15H16N6O2/c24-18-14-8-12(4-6-15(14)20-23-18)11-3-5-13(7-11)19-17-9-16(21-22-17)10-1-2-10;22-17-14-10-12(5-7-15(14)20-21-17)11-4-6-13(9-11)19-16-3-1-2-8-18-16;1-21-8-15(17-9-21)18-12-4-2-10(6-12)11-3-5-14-13(7-11)16(22)20-19-14;1-9-8-17-16(22-9)18-12-4-2-10(6-12)11-3-5-14-13(7-11)15(21)20-19-14;22-14-12-6-9(1-2-13(12)19-20-14)10-5-11(8-23-7-10)18-15-16-3-4-17-21-15/h4,6,8-11,13H,1-3,5,7H2,(H2,19,21,22)(H2,20,23,24);1-3,5,7-8,10-11,13H,4,6,9H2,(H,18,19)(H2,20,21,22);3,5,7-10,12,18H,2,4,6H2,1H3,(H2,19,20,22);3,5,7-8,10,12H,2,4,6H2,1H3,(H,17,18)(H2,19,20,21);1-4,6,10-11H,5,7-8H2,(H,16,18,21)(H2,19,20,22). The molecule has 5 aliphatic carbocycles. The number of rotatable bonds is 16. The van der Waals surface area contributed by atoms with E-state index in [9.17, 15) is 24.0 Å². The molecule has 1 aliphatic heterocycles. The first kappa shape index (κ1) is 73.4. The Kier molecular flexibility index (Phi) is 21.4. The first-order valence-electron chi connectivity index (χ1n) is 39.1. The summed E-state index contributed by atoms with van der Waals surface area (Å²) in [6.07, 6.45) is 27.5. The maximum Gasteiger partial charge on any atom is 0.271 e. The molecule has 5 saturated carbocycles. The van der Waals surface area contributed by atoms with Crippen molar-refractivity contribution < 1.29 is 4.74 Å². The molecule has 16 N–H and O–H groups in total. The van der Waals surface area contributed by atoms with Gasteiger partial charge in [-0.1, -0.05) is 36.4 Å². The zero-order valence-electron chi connectivity index (χ0n) is 62.7. The fourth-order valence-electron chi connectivity index (χ4n) is 17.0. The van der Waals surface area contributed by atoms with Crippen molar-refractivity contribution in [3.05, 3.63) is 243 Å². The van der Waals surface area contributed by atoms with Crippen molar-refractivity contribution in [3.8, 4) is 0 Å². The van der Waals surface area contributed by atoms with Crippen LogP contribution in [0.15, 0.2) is 177 Å². The van der Waals surface area contributed by atoms with E-state index in [0.29, 0.717) is 78.3 Å². The predicted octanol–water partition coefficient (Wildman–Crippen LogP) is 12.9. The number of hydrogen-bond donors (Lipinski definition) is 16. The predicted molar refractivity (Wildman–Crippen MR) is 441 cm³/mol. The Labute approximate surface area is 650 Å². The topological polar surface area (TPSA) is 424 Å². The number of benzene rings is 5. The Morgan fingerprint density at radius 3 is 1.27 bits per heavy atom. The first-order valence-corrected chi connectivity index (χ1v) is 40.0. The van der Waals surface area contributed by atoms with Gasteiger partial charge in [0.05, 0.1) is 92.5 Å². The molecule has 6 fully saturated rings. The molecule has 0 bridgehead atoms. The largest absolute Gasteiger partial charge is 0.379 e. The second-order valence-electron chi connectivity index (χ2n) is 31.0. The van der Waals surface area contributed by atoms with Gasteiger partial charge in [-0.15, -0.1) is 16.4 Å². The van der Waals surface area contributed by atoms with Crippen LogP contribution in [0.1, 0.15) is 170 Å². The van der Waals surface area contributed by atoms with Crippen molar-refractivity contribution in [1.82, 2.24) is 95.9 Å². The number of aromatic nitrogens is 19. The first-order chi connectivity index (χ1) is 55.2. The Morgan fingerprint density at radius 2 is 0.850 bits per heavy atom. The van der Waals surface area contributed by atoms with Crippen LogP contribution in [0.4, 0.5) is 28.5 Å². The number of imidazole rings is 1. The average Bonchev–Trinajstić information content (AvgIpc) is 1.72. The molecule has 582 valence electrons. The smallest absolute Gasteiger partial charge is 0.271 e. The van der Waals surface area contributed by atoms with E-state index in [1.54, 1.807) is 30.1 Å². The number of aryl methyl sites for hydroxylation is 2. The Hall–Kier alpha value is -12.4. The van der Waals surface area contributed by atoms with Crippen molar-refractivity contribution in [1.29, 1.82) is 0 Å². The van der Waals surface area contributed by atoms with E-state index in [-0.39, 0.29) is 39.8 Å². The number of fused-ring (bicyclic) bond motifs is 5. The molecule has 10 unspecified atom stereocenters. The number of hydrogen-bond acceptors (Lipinski definition) is 19. The van der Waals surface area contributed by atoms with Crippen LogP contribution in [-0.2, 0) is 11.8 Å². The molecule has 10 atom stereocenters. The molecule has 1 saturated heterocycles. The second-order valence-corrected chi connectivity index (χ2v) is 32.2. The Balaban J connectivity index is 0.000000102. The highest BCUT2D eigenvalue weighted by molar-refractivity contribution is 7.15. The summed E-state index contributed by atoms with van der Waals surface area (Å²) in [6, 6.07) is 40.5. The van der Waals surface area contributed by atoms with E-state index in [1.807, 2.05) is 109 Å². The van der Waals surface area contributed by atoms with Crippen LogP contribution in [0, 0.1) is 6.92 Å². The quantitative estimate of drug-likeness (QED) is 0.0427. The SMILES string of the molecule is Cc1cnc(NC2CCC(c3ccc4[nH][nH]c(=O)c4c3)C2)s1.Cn1cnc(NC2CCC(c3ccc4[nH][nH]c(=O)c4c3)C2)c1.O=c1[nH][nH]c2ccc(C3CCC(Nc4cc(C5CC5)[nH]n4)C3)cc12.O=c1[nH][nH]c2ccc(C3CCC(Nc4ccccn4)C3)cc12.O=c1[nH][nH]c2ccc(C3COCC(Nc4nccnn4)C3)cc12. The maximum absolute atomic E-state index is 11.8. The lowest BCUT2D eigenvalue weighted by atomic mass is 9.90. The van der Waals surface area contributed by atoms with Crippen LogP contribution in [0.5, 0.6) is 0 Å². The second kappa shape index (κ2) is 32.9. The molecule has 5 aromatic carbocycles. The summed E-state index contributed by atoms with van der Waals surface area (Å²) >= 11 is 1.70. The third-order valence-electron chi connectivity index (χ3n) is 23.1. The van der Waals surface area contributed by atoms with E-state index >= 15 is 0 Å². The van der Waals surface area contributed by atoms with Crippen molar-refractivity contribution in [2.45, 2.75) is 169 Å². The van der Waals surface area contributed by atoms with Crippen LogP contribution in [0.3, 0.4) is 0 Å². The van der Waals surface area contributed by atoms with E-state index < -0.39 is 0 Å². The highest BCUT2D eigenvalue weighted by Gasteiger charge is 2.33. The van der Waals surface area contributed by atoms with Gasteiger partial charge in [-0.3, -0.25) is 80.1 Å². The zero-order chi connectivity index (χ0) is 76.9. The third kappa shape index (κ3) is 17.4. The minimum Gasteiger partial charge on any atom is -0.379 e. The van der Waals surface area contributed by atoms with Crippen LogP contribution in [0.2, 0.25) is 0 Å². The van der Waals surface area contributed by atoms with Crippen LogP contribution in [0.25, 0.3) is 54.5 Å². The van der Waals surface area contributed by atoms with Crippen molar-refractivity contribution in [2.24, 2.45) is 7.05 Å². The lowest BCUT2D eigenvalue weighted by molar-refractivity contribution is 0.0712. The summed E-state index contributed by atoms with van der Waals surface area (Å²) in [5, 5.41) is 64.9. The van der Waals surface area contributed by atoms with Gasteiger partial charge in [-0.05, 0) is 228 Å². The number of anilines is 5. The molecule has 11 heterocycles. The van der Waals surface area contributed by atoms with Gasteiger partial charge in [-0.25, -0.2) is 19.9 Å². The summed E-state index contributed by atoms with van der Waals surface area (Å²) in [5.41, 5.74) is 11.4. The molecule has 0 spiro atoms.